The molecule has 2 unspecified atom stereocenters. The molecule has 2 amide bonds. The van der Waals surface area contributed by atoms with E-state index in [-0.39, 0.29) is 30.2 Å². The Morgan fingerprint density at radius 2 is 1.67 bits per heavy atom. The van der Waals surface area contributed by atoms with Gasteiger partial charge in [-0.05, 0) is 73.3 Å². The first-order valence-electron chi connectivity index (χ1n) is 13.5. The van der Waals surface area contributed by atoms with E-state index in [1.165, 1.54) is 24.8 Å². The van der Waals surface area contributed by atoms with E-state index in [1.54, 1.807) is 11.9 Å². The molecule has 1 aliphatic heterocycles. The van der Waals surface area contributed by atoms with Gasteiger partial charge in [0.1, 0.15) is 5.75 Å². The molecule has 0 aromatic heterocycles. The van der Waals surface area contributed by atoms with Gasteiger partial charge in [0.15, 0.2) is 0 Å². The fourth-order valence-corrected chi connectivity index (χ4v) is 5.40. The summed E-state index contributed by atoms with van der Waals surface area (Å²) in [5.41, 5.74) is 3.44. The lowest BCUT2D eigenvalue weighted by atomic mass is 9.91. The maximum Gasteiger partial charge on any atom is 0.415 e. The van der Waals surface area contributed by atoms with Gasteiger partial charge in [-0.2, -0.15) is 0 Å². The Morgan fingerprint density at radius 1 is 0.972 bits per heavy atom. The molecular formula is C30H40N2O4. The topological polar surface area (TPSA) is 67.9 Å². The molecule has 2 aromatic carbocycles. The standard InChI is InChI=1S/C30H40N2O4/c1-4-6-21-7-18-28(35-20-21)24-10-8-22(9-11-24)23-12-16-27(17-13-23)36-30(34)32(3)26-15-14-25(19-26)31-29(33)5-2/h8-13,16-17,21,25-26,28H,4-7,14-15,18-20H2,1-3H3,(H,31,33)/t21?,25-,26+,28?/m0/s1. The molecule has 2 aliphatic rings. The van der Waals surface area contributed by atoms with Crippen LogP contribution in [-0.2, 0) is 9.53 Å². The first-order chi connectivity index (χ1) is 17.5. The van der Waals surface area contributed by atoms with Crippen molar-refractivity contribution in [3.63, 3.8) is 0 Å². The lowest BCUT2D eigenvalue weighted by Gasteiger charge is -2.29. The van der Waals surface area contributed by atoms with Crippen molar-refractivity contribution in [3.05, 3.63) is 54.1 Å². The highest BCUT2D eigenvalue weighted by Gasteiger charge is 2.31. The Morgan fingerprint density at radius 3 is 2.28 bits per heavy atom. The summed E-state index contributed by atoms with van der Waals surface area (Å²) in [6.07, 6.45) is 7.63. The molecule has 6 heteroatoms. The van der Waals surface area contributed by atoms with E-state index in [1.807, 2.05) is 31.2 Å². The second kappa shape index (κ2) is 12.4. The second-order valence-electron chi connectivity index (χ2n) is 10.3. The third-order valence-electron chi connectivity index (χ3n) is 7.67. The van der Waals surface area contributed by atoms with E-state index in [0.717, 1.165) is 43.4 Å². The van der Waals surface area contributed by atoms with Crippen LogP contribution in [0.5, 0.6) is 5.75 Å². The van der Waals surface area contributed by atoms with Gasteiger partial charge < -0.3 is 19.7 Å². The van der Waals surface area contributed by atoms with Gasteiger partial charge in [-0.1, -0.05) is 56.7 Å². The van der Waals surface area contributed by atoms with Gasteiger partial charge in [-0.15, -0.1) is 0 Å². The molecule has 1 saturated carbocycles. The maximum atomic E-state index is 12.7. The number of nitrogens with one attached hydrogen (secondary N) is 1. The number of benzene rings is 2. The van der Waals surface area contributed by atoms with Crippen LogP contribution in [-0.4, -0.2) is 42.6 Å². The molecule has 4 atom stereocenters. The highest BCUT2D eigenvalue weighted by Crippen LogP contribution is 2.33. The summed E-state index contributed by atoms with van der Waals surface area (Å²) in [4.78, 5) is 26.0. The Bertz CT molecular complexity index is 997. The molecule has 36 heavy (non-hydrogen) atoms. The van der Waals surface area contributed by atoms with Gasteiger partial charge in [-0.3, -0.25) is 4.79 Å². The predicted molar refractivity (Wildman–Crippen MR) is 142 cm³/mol. The van der Waals surface area contributed by atoms with Crippen molar-refractivity contribution in [2.45, 2.75) is 83.4 Å². The molecule has 194 valence electrons. The molecule has 1 heterocycles. The minimum absolute atomic E-state index is 0.0588. The van der Waals surface area contributed by atoms with Gasteiger partial charge in [0.05, 0.1) is 12.7 Å². The average Bonchev–Trinajstić information content (AvgIpc) is 3.37. The lowest BCUT2D eigenvalue weighted by molar-refractivity contribution is -0.121. The molecular weight excluding hydrogens is 452 g/mol. The third kappa shape index (κ3) is 6.67. The van der Waals surface area contributed by atoms with E-state index in [9.17, 15) is 9.59 Å². The van der Waals surface area contributed by atoms with Crippen LogP contribution >= 0.6 is 0 Å². The third-order valence-corrected chi connectivity index (χ3v) is 7.67. The van der Waals surface area contributed by atoms with Crippen LogP contribution in [0.4, 0.5) is 4.79 Å². The molecule has 2 fully saturated rings. The molecule has 1 saturated heterocycles. The summed E-state index contributed by atoms with van der Waals surface area (Å²) < 4.78 is 11.8. The van der Waals surface area contributed by atoms with E-state index >= 15 is 0 Å². The average molecular weight is 493 g/mol. The molecule has 1 aliphatic carbocycles. The number of ether oxygens (including phenoxy) is 2. The SMILES string of the molecule is CCCC1CCC(c2ccc(-c3ccc(OC(=O)N(C)[C@@H]4CC[C@H](NC(=O)CC)C4)cc3)cc2)OC1. The van der Waals surface area contributed by atoms with Crippen LogP contribution in [0.25, 0.3) is 11.1 Å². The van der Waals surface area contributed by atoms with Crippen molar-refractivity contribution in [2.75, 3.05) is 13.7 Å². The minimum Gasteiger partial charge on any atom is -0.410 e. The fraction of sp³-hybridized carbons (Fsp3) is 0.533. The first-order valence-corrected chi connectivity index (χ1v) is 13.5. The number of hydrogen-bond acceptors (Lipinski definition) is 4. The lowest BCUT2D eigenvalue weighted by Crippen LogP contribution is -2.39. The minimum atomic E-state index is -0.367. The predicted octanol–water partition coefficient (Wildman–Crippen LogP) is 6.50. The summed E-state index contributed by atoms with van der Waals surface area (Å²) in [6.45, 7) is 4.95. The number of hydrogen-bond donors (Lipinski definition) is 1. The maximum absolute atomic E-state index is 12.7. The summed E-state index contributed by atoms with van der Waals surface area (Å²) in [5, 5.41) is 3.03. The van der Waals surface area contributed by atoms with Crippen LogP contribution in [0, 0.1) is 5.92 Å². The van der Waals surface area contributed by atoms with Crippen LogP contribution in [0.1, 0.15) is 76.9 Å². The number of carbonyl (C=O) groups excluding carboxylic acids is 2. The summed E-state index contributed by atoms with van der Waals surface area (Å²) in [7, 11) is 1.77. The first kappa shape index (κ1) is 26.2. The highest BCUT2D eigenvalue weighted by molar-refractivity contribution is 5.76. The monoisotopic (exact) mass is 492 g/mol. The van der Waals surface area contributed by atoms with Crippen molar-refractivity contribution in [3.8, 4) is 16.9 Å². The van der Waals surface area contributed by atoms with Gasteiger partial charge in [0.25, 0.3) is 0 Å². The zero-order valence-corrected chi connectivity index (χ0v) is 21.9. The van der Waals surface area contributed by atoms with Crippen molar-refractivity contribution in [1.82, 2.24) is 10.2 Å². The quantitative estimate of drug-likeness (QED) is 0.457. The number of amides is 2. The molecule has 1 N–H and O–H groups in total. The molecule has 0 bridgehead atoms. The smallest absolute Gasteiger partial charge is 0.410 e. The normalized spacial score (nSPS) is 23.8. The number of rotatable bonds is 8. The number of carbonyl (C=O) groups is 2. The zero-order valence-electron chi connectivity index (χ0n) is 21.9. The fourth-order valence-electron chi connectivity index (χ4n) is 5.40. The Hall–Kier alpha value is -2.86. The van der Waals surface area contributed by atoms with E-state index in [2.05, 4.69) is 36.5 Å². The van der Waals surface area contributed by atoms with Crippen molar-refractivity contribution < 1.29 is 19.1 Å². The molecule has 6 nitrogen and oxygen atoms in total. The summed E-state index contributed by atoms with van der Waals surface area (Å²) in [5.74, 6) is 1.29. The van der Waals surface area contributed by atoms with Crippen LogP contribution in [0.2, 0.25) is 0 Å². The molecule has 2 aromatic rings. The van der Waals surface area contributed by atoms with E-state index < -0.39 is 0 Å². The number of nitrogens with zero attached hydrogens (tertiary/aromatic N) is 1. The van der Waals surface area contributed by atoms with Gasteiger partial charge in [0, 0.05) is 25.6 Å². The zero-order chi connectivity index (χ0) is 25.5. The largest absolute Gasteiger partial charge is 0.415 e. The van der Waals surface area contributed by atoms with Crippen LogP contribution in [0.15, 0.2) is 48.5 Å². The van der Waals surface area contributed by atoms with Gasteiger partial charge in [-0.25, -0.2) is 4.79 Å². The van der Waals surface area contributed by atoms with E-state index in [0.29, 0.717) is 18.1 Å². The molecule has 4 rings (SSSR count). The van der Waals surface area contributed by atoms with Gasteiger partial charge in [0.2, 0.25) is 5.91 Å². The second-order valence-corrected chi connectivity index (χ2v) is 10.3. The van der Waals surface area contributed by atoms with Crippen molar-refractivity contribution >= 4 is 12.0 Å². The van der Waals surface area contributed by atoms with Crippen LogP contribution < -0.4 is 10.1 Å². The Labute approximate surface area is 215 Å². The highest BCUT2D eigenvalue weighted by atomic mass is 16.6. The van der Waals surface area contributed by atoms with Crippen LogP contribution in [0.3, 0.4) is 0 Å². The van der Waals surface area contributed by atoms with Crippen molar-refractivity contribution in [2.24, 2.45) is 5.92 Å². The summed E-state index contributed by atoms with van der Waals surface area (Å²) in [6, 6.07) is 16.5. The molecule has 0 radical (unpaired) electrons. The molecule has 0 spiro atoms. The van der Waals surface area contributed by atoms with E-state index in [4.69, 9.17) is 9.47 Å². The summed E-state index contributed by atoms with van der Waals surface area (Å²) >= 11 is 0. The van der Waals surface area contributed by atoms with Crippen molar-refractivity contribution in [1.29, 1.82) is 0 Å². The van der Waals surface area contributed by atoms with Gasteiger partial charge >= 0.3 is 6.09 Å². The Balaban J connectivity index is 1.28. The Kier molecular flexibility index (Phi) is 9.03.